The van der Waals surface area contributed by atoms with Crippen LogP contribution in [0.5, 0.6) is 0 Å². The summed E-state index contributed by atoms with van der Waals surface area (Å²) in [5, 5.41) is 6.38. The Morgan fingerprint density at radius 1 is 1.09 bits per heavy atom. The summed E-state index contributed by atoms with van der Waals surface area (Å²) in [4.78, 5) is 29.7. The molecule has 3 heterocycles. The van der Waals surface area contributed by atoms with E-state index in [-0.39, 0.29) is 11.7 Å². The van der Waals surface area contributed by atoms with Gasteiger partial charge in [0.25, 0.3) is 5.91 Å². The third-order valence-corrected chi connectivity index (χ3v) is 7.32. The van der Waals surface area contributed by atoms with Crippen molar-refractivity contribution in [2.24, 2.45) is 5.92 Å². The summed E-state index contributed by atoms with van der Waals surface area (Å²) >= 11 is 5.92. The number of carbonyl (C=O) groups is 2. The van der Waals surface area contributed by atoms with Crippen molar-refractivity contribution >= 4 is 34.2 Å². The van der Waals surface area contributed by atoms with Crippen LogP contribution in [0.4, 0.5) is 0 Å². The Labute approximate surface area is 210 Å². The van der Waals surface area contributed by atoms with E-state index in [1.165, 1.54) is 0 Å². The highest BCUT2D eigenvalue weighted by atomic mass is 35.5. The molecule has 8 heteroatoms. The number of morpholine rings is 1. The molecule has 0 radical (unpaired) electrons. The minimum Gasteiger partial charge on any atom is -0.379 e. The van der Waals surface area contributed by atoms with Gasteiger partial charge in [-0.3, -0.25) is 19.2 Å². The summed E-state index contributed by atoms with van der Waals surface area (Å²) in [7, 11) is 0. The molecule has 2 aromatic carbocycles. The molecule has 0 bridgehead atoms. The molecule has 7 nitrogen and oxygen atoms in total. The van der Waals surface area contributed by atoms with Gasteiger partial charge in [0.2, 0.25) is 0 Å². The van der Waals surface area contributed by atoms with Crippen molar-refractivity contribution in [1.82, 2.24) is 19.6 Å². The maximum atomic E-state index is 12.9. The van der Waals surface area contributed by atoms with Crippen LogP contribution >= 0.6 is 11.6 Å². The summed E-state index contributed by atoms with van der Waals surface area (Å²) < 4.78 is 7.35. The van der Waals surface area contributed by atoms with Gasteiger partial charge >= 0.3 is 0 Å². The zero-order valence-corrected chi connectivity index (χ0v) is 20.8. The molecule has 0 spiro atoms. The number of rotatable bonds is 8. The number of benzene rings is 2. The van der Waals surface area contributed by atoms with Gasteiger partial charge in [-0.1, -0.05) is 11.6 Å². The molecule has 5 rings (SSSR count). The van der Waals surface area contributed by atoms with Crippen molar-refractivity contribution in [3.8, 4) is 0 Å². The van der Waals surface area contributed by atoms with Crippen molar-refractivity contribution in [2.45, 2.75) is 26.3 Å². The van der Waals surface area contributed by atoms with E-state index in [1.54, 1.807) is 24.3 Å². The Morgan fingerprint density at radius 3 is 2.57 bits per heavy atom. The second kappa shape index (κ2) is 10.5. The first-order valence-electron chi connectivity index (χ1n) is 12.3. The number of amides is 1. The summed E-state index contributed by atoms with van der Waals surface area (Å²) in [5.41, 5.74) is 3.36. The Bertz CT molecular complexity index is 1210. The molecule has 1 aromatic heterocycles. The number of carbonyl (C=O) groups excluding carboxylic acids is 2. The summed E-state index contributed by atoms with van der Waals surface area (Å²) in [6.45, 7) is 8.59. The average molecular weight is 495 g/mol. The fourth-order valence-corrected chi connectivity index (χ4v) is 5.12. The van der Waals surface area contributed by atoms with Crippen LogP contribution in [0.2, 0.25) is 5.02 Å². The van der Waals surface area contributed by atoms with Crippen molar-refractivity contribution in [3.05, 3.63) is 64.3 Å². The first kappa shape index (κ1) is 24.0. The maximum absolute atomic E-state index is 12.9. The topological polar surface area (TPSA) is 67.7 Å². The van der Waals surface area contributed by atoms with E-state index in [4.69, 9.17) is 21.4 Å². The highest BCUT2D eigenvalue weighted by molar-refractivity contribution is 6.30. The fourth-order valence-electron chi connectivity index (χ4n) is 4.99. The Balaban J connectivity index is 1.16. The SMILES string of the molecule is Cc1c(C(=O)CCCN2CCOCC2)ccc2nn(CC3CN(C(=O)c4ccc(Cl)cc4)C3)cc12. The molecule has 35 heavy (non-hydrogen) atoms. The molecule has 2 aliphatic heterocycles. The number of aromatic nitrogens is 2. The molecule has 1 amide bonds. The van der Waals surface area contributed by atoms with Gasteiger partial charge in [-0.05, 0) is 61.9 Å². The Hall–Kier alpha value is -2.74. The largest absolute Gasteiger partial charge is 0.379 e. The number of likely N-dealkylation sites (tertiary alicyclic amines) is 1. The van der Waals surface area contributed by atoms with Crippen LogP contribution in [-0.4, -0.2) is 77.2 Å². The summed E-state index contributed by atoms with van der Waals surface area (Å²) in [5.74, 6) is 0.596. The number of ketones is 1. The van der Waals surface area contributed by atoms with E-state index in [0.29, 0.717) is 36.0 Å². The van der Waals surface area contributed by atoms with Gasteiger partial charge < -0.3 is 9.64 Å². The van der Waals surface area contributed by atoms with Gasteiger partial charge in [-0.15, -0.1) is 0 Å². The van der Waals surface area contributed by atoms with E-state index in [9.17, 15) is 9.59 Å². The second-order valence-electron chi connectivity index (χ2n) is 9.59. The van der Waals surface area contributed by atoms with E-state index >= 15 is 0 Å². The molecule has 0 atom stereocenters. The van der Waals surface area contributed by atoms with Gasteiger partial charge in [-0.2, -0.15) is 5.10 Å². The summed E-state index contributed by atoms with van der Waals surface area (Å²) in [6.07, 6.45) is 3.46. The zero-order chi connectivity index (χ0) is 24.4. The van der Waals surface area contributed by atoms with Crippen molar-refractivity contribution in [2.75, 3.05) is 45.9 Å². The third kappa shape index (κ3) is 5.42. The standard InChI is InChI=1S/C27H31ClN4O3/c1-19-23(26(33)3-2-10-30-11-13-35-14-12-30)8-9-25-24(19)18-32(29-25)17-20-15-31(16-20)27(34)21-4-6-22(28)7-5-21/h4-9,18,20H,2-3,10-17H2,1H3. The number of aryl methyl sites for hydroxylation is 1. The van der Waals surface area contributed by atoms with Crippen molar-refractivity contribution in [1.29, 1.82) is 0 Å². The first-order chi connectivity index (χ1) is 17.0. The summed E-state index contributed by atoms with van der Waals surface area (Å²) in [6, 6.07) is 10.9. The maximum Gasteiger partial charge on any atom is 0.253 e. The molecule has 2 fully saturated rings. The predicted molar refractivity (Wildman–Crippen MR) is 136 cm³/mol. The smallest absolute Gasteiger partial charge is 0.253 e. The Kier molecular flexibility index (Phi) is 7.18. The molecular weight excluding hydrogens is 464 g/mol. The number of fused-ring (bicyclic) bond motifs is 1. The third-order valence-electron chi connectivity index (χ3n) is 7.07. The molecule has 0 aliphatic carbocycles. The van der Waals surface area contributed by atoms with Gasteiger partial charge in [0, 0.05) is 72.8 Å². The van der Waals surface area contributed by atoms with Crippen LogP contribution in [0, 0.1) is 12.8 Å². The molecule has 2 saturated heterocycles. The minimum absolute atomic E-state index is 0.0381. The average Bonchev–Trinajstić information content (AvgIpc) is 3.26. The van der Waals surface area contributed by atoms with Crippen molar-refractivity contribution in [3.63, 3.8) is 0 Å². The van der Waals surface area contributed by atoms with E-state index in [1.807, 2.05) is 34.8 Å². The predicted octanol–water partition coefficient (Wildman–Crippen LogP) is 4.07. The lowest BCUT2D eigenvalue weighted by atomic mass is 9.98. The van der Waals surface area contributed by atoms with Gasteiger partial charge in [-0.25, -0.2) is 0 Å². The number of nitrogens with zero attached hydrogens (tertiary/aromatic N) is 4. The number of halogens is 1. The molecule has 184 valence electrons. The Morgan fingerprint density at radius 2 is 1.83 bits per heavy atom. The van der Waals surface area contributed by atoms with Gasteiger partial charge in [0.05, 0.1) is 18.7 Å². The zero-order valence-electron chi connectivity index (χ0n) is 20.1. The minimum atomic E-state index is 0.0381. The number of hydrogen-bond acceptors (Lipinski definition) is 5. The first-order valence-corrected chi connectivity index (χ1v) is 12.7. The van der Waals surface area contributed by atoms with Crippen LogP contribution < -0.4 is 0 Å². The lowest BCUT2D eigenvalue weighted by molar-refractivity contribution is 0.0371. The highest BCUT2D eigenvalue weighted by Gasteiger charge is 2.31. The van der Waals surface area contributed by atoms with E-state index in [2.05, 4.69) is 4.90 Å². The van der Waals surface area contributed by atoms with Crippen LogP contribution in [0.15, 0.2) is 42.6 Å². The van der Waals surface area contributed by atoms with Crippen LogP contribution in [0.1, 0.15) is 39.1 Å². The van der Waals surface area contributed by atoms with Crippen LogP contribution in [-0.2, 0) is 11.3 Å². The quantitative estimate of drug-likeness (QED) is 0.442. The van der Waals surface area contributed by atoms with Crippen LogP contribution in [0.3, 0.4) is 0 Å². The number of ether oxygens (including phenoxy) is 1. The molecule has 0 N–H and O–H groups in total. The molecule has 0 saturated carbocycles. The lowest BCUT2D eigenvalue weighted by Crippen LogP contribution is -2.51. The van der Waals surface area contributed by atoms with Crippen molar-refractivity contribution < 1.29 is 14.3 Å². The van der Waals surface area contributed by atoms with Gasteiger partial charge in [0.1, 0.15) is 0 Å². The fraction of sp³-hybridized carbons (Fsp3) is 0.444. The second-order valence-corrected chi connectivity index (χ2v) is 10.0. The molecule has 3 aromatic rings. The monoisotopic (exact) mass is 494 g/mol. The van der Waals surface area contributed by atoms with E-state index < -0.39 is 0 Å². The van der Waals surface area contributed by atoms with Gasteiger partial charge in [0.15, 0.2) is 5.78 Å². The molecule has 2 aliphatic rings. The molecular formula is C27H31ClN4O3. The normalized spacial score (nSPS) is 17.0. The lowest BCUT2D eigenvalue weighted by Gasteiger charge is -2.39. The number of hydrogen-bond donors (Lipinski definition) is 0. The molecule has 0 unspecified atom stereocenters. The number of Topliss-reactive ketones (excluding diaryl/α,β-unsaturated/α-hetero) is 1. The van der Waals surface area contributed by atoms with E-state index in [0.717, 1.165) is 67.8 Å². The van der Waals surface area contributed by atoms with Crippen LogP contribution in [0.25, 0.3) is 10.9 Å². The highest BCUT2D eigenvalue weighted by Crippen LogP contribution is 2.25.